The second kappa shape index (κ2) is 3.83. The summed E-state index contributed by atoms with van der Waals surface area (Å²) in [7, 11) is 0. The molecule has 1 saturated carbocycles. The largest absolute Gasteiger partial charge is 0.371 e. The van der Waals surface area contributed by atoms with E-state index in [-0.39, 0.29) is 0 Å². The average molecular weight is 212 g/mol. The lowest BCUT2D eigenvalue weighted by Gasteiger charge is -2.19. The number of fused-ring (bicyclic) bond motifs is 1. The van der Waals surface area contributed by atoms with E-state index in [2.05, 4.69) is 17.0 Å². The van der Waals surface area contributed by atoms with E-state index < -0.39 is 0 Å². The second-order valence-corrected chi connectivity index (χ2v) is 5.02. The van der Waals surface area contributed by atoms with Gasteiger partial charge in [-0.3, -0.25) is 0 Å². The van der Waals surface area contributed by atoms with Gasteiger partial charge < -0.3 is 4.90 Å². The van der Waals surface area contributed by atoms with Crippen LogP contribution in [-0.4, -0.2) is 13.1 Å². The van der Waals surface area contributed by atoms with Crippen LogP contribution in [0.2, 0.25) is 0 Å². The number of nitriles is 1. The second-order valence-electron chi connectivity index (χ2n) is 5.02. The Kier molecular flexibility index (Phi) is 2.32. The fraction of sp³-hybridized carbons (Fsp3) is 0.500. The molecular formula is C14H16N2. The first-order valence-corrected chi connectivity index (χ1v) is 6.12. The molecule has 2 unspecified atom stereocenters. The fourth-order valence-electron chi connectivity index (χ4n) is 3.22. The predicted molar refractivity (Wildman–Crippen MR) is 64.2 cm³/mol. The zero-order valence-electron chi connectivity index (χ0n) is 9.39. The molecule has 0 bridgehead atoms. The molecule has 1 saturated heterocycles. The summed E-state index contributed by atoms with van der Waals surface area (Å²) in [6, 6.07) is 10.2. The highest BCUT2D eigenvalue weighted by Crippen LogP contribution is 2.39. The van der Waals surface area contributed by atoms with Crippen LogP contribution in [0.1, 0.15) is 24.8 Å². The summed E-state index contributed by atoms with van der Waals surface area (Å²) in [6.07, 6.45) is 4.22. The lowest BCUT2D eigenvalue weighted by Crippen LogP contribution is -2.20. The smallest absolute Gasteiger partial charge is 0.0992 e. The minimum absolute atomic E-state index is 0.773. The Morgan fingerprint density at radius 1 is 1.19 bits per heavy atom. The molecule has 1 heterocycles. The molecule has 0 spiro atoms. The van der Waals surface area contributed by atoms with E-state index in [1.807, 2.05) is 18.2 Å². The summed E-state index contributed by atoms with van der Waals surface area (Å²) in [6.45, 7) is 2.39. The Balaban J connectivity index is 1.81. The van der Waals surface area contributed by atoms with Gasteiger partial charge in [0.2, 0.25) is 0 Å². The van der Waals surface area contributed by atoms with Crippen molar-refractivity contribution >= 4 is 5.69 Å². The van der Waals surface area contributed by atoms with Crippen LogP contribution in [0.15, 0.2) is 24.3 Å². The zero-order chi connectivity index (χ0) is 11.0. The van der Waals surface area contributed by atoms with Gasteiger partial charge in [0, 0.05) is 18.8 Å². The highest BCUT2D eigenvalue weighted by molar-refractivity contribution is 5.52. The van der Waals surface area contributed by atoms with Crippen LogP contribution in [0.5, 0.6) is 0 Å². The molecule has 2 aliphatic rings. The molecule has 0 aromatic heterocycles. The Morgan fingerprint density at radius 3 is 2.62 bits per heavy atom. The van der Waals surface area contributed by atoms with E-state index in [0.29, 0.717) is 0 Å². The van der Waals surface area contributed by atoms with Gasteiger partial charge in [0.25, 0.3) is 0 Å². The first-order valence-electron chi connectivity index (χ1n) is 6.12. The van der Waals surface area contributed by atoms with Gasteiger partial charge in [-0.15, -0.1) is 0 Å². The van der Waals surface area contributed by atoms with Gasteiger partial charge in [-0.1, -0.05) is 12.5 Å². The molecular weight excluding hydrogens is 196 g/mol. The monoisotopic (exact) mass is 212 g/mol. The van der Waals surface area contributed by atoms with Crippen LogP contribution in [0.3, 0.4) is 0 Å². The number of hydrogen-bond acceptors (Lipinski definition) is 2. The zero-order valence-corrected chi connectivity index (χ0v) is 9.39. The molecule has 2 fully saturated rings. The Bertz CT molecular complexity index is 421. The normalized spacial score (nSPS) is 27.8. The van der Waals surface area contributed by atoms with E-state index >= 15 is 0 Å². The standard InChI is InChI=1S/C14H16N2/c15-8-11-3-1-6-14(7-11)16-9-12-4-2-5-13(12)10-16/h1,3,6-7,12-13H,2,4-5,9-10H2. The molecule has 3 rings (SSSR count). The maximum absolute atomic E-state index is 8.90. The van der Waals surface area contributed by atoms with Crippen molar-refractivity contribution in [2.45, 2.75) is 19.3 Å². The highest BCUT2D eigenvalue weighted by atomic mass is 15.2. The Labute approximate surface area is 96.5 Å². The summed E-state index contributed by atoms with van der Waals surface area (Å²) in [5.74, 6) is 1.82. The van der Waals surface area contributed by atoms with Gasteiger partial charge in [0.05, 0.1) is 11.6 Å². The van der Waals surface area contributed by atoms with Crippen LogP contribution >= 0.6 is 0 Å². The van der Waals surface area contributed by atoms with Crippen molar-refractivity contribution in [3.05, 3.63) is 29.8 Å². The molecule has 0 amide bonds. The van der Waals surface area contributed by atoms with Gasteiger partial charge in [0.1, 0.15) is 0 Å². The van der Waals surface area contributed by atoms with Crippen molar-refractivity contribution < 1.29 is 0 Å². The minimum atomic E-state index is 0.773. The van der Waals surface area contributed by atoms with Gasteiger partial charge in [0.15, 0.2) is 0 Å². The number of hydrogen-bond donors (Lipinski definition) is 0. The first-order chi connectivity index (χ1) is 7.86. The molecule has 16 heavy (non-hydrogen) atoms. The SMILES string of the molecule is N#Cc1cccc(N2CC3CCCC3C2)c1. The minimum Gasteiger partial charge on any atom is -0.371 e. The molecule has 2 atom stereocenters. The van der Waals surface area contributed by atoms with Crippen molar-refractivity contribution in [1.82, 2.24) is 0 Å². The van der Waals surface area contributed by atoms with E-state index in [1.165, 1.54) is 38.0 Å². The summed E-state index contributed by atoms with van der Waals surface area (Å²) in [4.78, 5) is 2.45. The van der Waals surface area contributed by atoms with Crippen LogP contribution in [-0.2, 0) is 0 Å². The third-order valence-corrected chi connectivity index (χ3v) is 4.07. The van der Waals surface area contributed by atoms with Gasteiger partial charge in [-0.25, -0.2) is 0 Å². The molecule has 1 aromatic rings. The number of nitrogens with zero attached hydrogens (tertiary/aromatic N) is 2. The quantitative estimate of drug-likeness (QED) is 0.715. The molecule has 1 aliphatic heterocycles. The highest BCUT2D eigenvalue weighted by Gasteiger charge is 2.35. The van der Waals surface area contributed by atoms with Crippen LogP contribution < -0.4 is 4.90 Å². The number of anilines is 1. The topological polar surface area (TPSA) is 27.0 Å². The van der Waals surface area contributed by atoms with Crippen molar-refractivity contribution in [2.24, 2.45) is 11.8 Å². The lowest BCUT2D eigenvalue weighted by molar-refractivity contribution is 0.494. The predicted octanol–water partition coefficient (Wildman–Crippen LogP) is 2.79. The Morgan fingerprint density at radius 2 is 1.94 bits per heavy atom. The van der Waals surface area contributed by atoms with Crippen molar-refractivity contribution in [1.29, 1.82) is 5.26 Å². The number of benzene rings is 1. The van der Waals surface area contributed by atoms with Gasteiger partial charge in [-0.05, 0) is 42.9 Å². The molecule has 2 heteroatoms. The van der Waals surface area contributed by atoms with Gasteiger partial charge in [-0.2, -0.15) is 5.26 Å². The number of rotatable bonds is 1. The summed E-state index contributed by atoms with van der Waals surface area (Å²) in [5, 5.41) is 8.90. The van der Waals surface area contributed by atoms with Crippen molar-refractivity contribution in [3.63, 3.8) is 0 Å². The maximum atomic E-state index is 8.90. The average Bonchev–Trinajstić information content (AvgIpc) is 2.89. The van der Waals surface area contributed by atoms with Crippen LogP contribution in [0.4, 0.5) is 5.69 Å². The summed E-state index contributed by atoms with van der Waals surface area (Å²) in [5.41, 5.74) is 2.00. The molecule has 1 aromatic carbocycles. The molecule has 2 nitrogen and oxygen atoms in total. The molecule has 0 N–H and O–H groups in total. The third-order valence-electron chi connectivity index (χ3n) is 4.07. The van der Waals surface area contributed by atoms with Crippen LogP contribution in [0, 0.1) is 23.2 Å². The lowest BCUT2D eigenvalue weighted by atomic mass is 10.0. The van der Waals surface area contributed by atoms with E-state index in [0.717, 1.165) is 17.4 Å². The Hall–Kier alpha value is -1.49. The van der Waals surface area contributed by atoms with E-state index in [9.17, 15) is 0 Å². The molecule has 0 radical (unpaired) electrons. The fourth-order valence-corrected chi connectivity index (χ4v) is 3.22. The molecule has 82 valence electrons. The summed E-state index contributed by atoms with van der Waals surface area (Å²) >= 11 is 0. The third kappa shape index (κ3) is 1.57. The van der Waals surface area contributed by atoms with Gasteiger partial charge >= 0.3 is 0 Å². The first kappa shape index (κ1) is 9.72. The van der Waals surface area contributed by atoms with Crippen molar-refractivity contribution in [3.8, 4) is 6.07 Å². The van der Waals surface area contributed by atoms with E-state index in [4.69, 9.17) is 5.26 Å². The van der Waals surface area contributed by atoms with Crippen LogP contribution in [0.25, 0.3) is 0 Å². The van der Waals surface area contributed by atoms with Crippen molar-refractivity contribution in [2.75, 3.05) is 18.0 Å². The maximum Gasteiger partial charge on any atom is 0.0992 e. The van der Waals surface area contributed by atoms with E-state index in [1.54, 1.807) is 0 Å². The summed E-state index contributed by atoms with van der Waals surface area (Å²) < 4.78 is 0. The molecule has 1 aliphatic carbocycles.